The van der Waals surface area contributed by atoms with Crippen molar-refractivity contribution in [2.24, 2.45) is 0 Å². The van der Waals surface area contributed by atoms with E-state index in [0.717, 1.165) is 18.6 Å². The second-order valence-electron chi connectivity index (χ2n) is 4.36. The Morgan fingerprint density at radius 3 is 2.79 bits per heavy atom. The van der Waals surface area contributed by atoms with Crippen LogP contribution in [-0.2, 0) is 4.74 Å². The molecule has 0 bridgehead atoms. The summed E-state index contributed by atoms with van der Waals surface area (Å²) in [7, 11) is 3.42. The number of nitro benzene ring substituents is 1. The van der Waals surface area contributed by atoms with Gasteiger partial charge >= 0.3 is 5.69 Å². The summed E-state index contributed by atoms with van der Waals surface area (Å²) in [4.78, 5) is 9.73. The van der Waals surface area contributed by atoms with Crippen LogP contribution in [0.3, 0.4) is 0 Å². The lowest BCUT2D eigenvalue weighted by Gasteiger charge is -2.42. The number of likely N-dealkylation sites (N-methyl/N-ethyl adjacent to an activating group) is 1. The Morgan fingerprint density at radius 2 is 2.26 bits per heavy atom. The van der Waals surface area contributed by atoms with Gasteiger partial charge in [-0.1, -0.05) is 0 Å². The van der Waals surface area contributed by atoms with Gasteiger partial charge in [0.2, 0.25) is 5.82 Å². The minimum absolute atomic E-state index is 0.108. The first-order valence-corrected chi connectivity index (χ1v) is 5.87. The van der Waals surface area contributed by atoms with Crippen molar-refractivity contribution < 1.29 is 18.8 Å². The molecule has 2 rings (SSSR count). The molecule has 1 aliphatic rings. The number of hydrogen-bond donors (Lipinski definition) is 1. The molecule has 0 amide bonds. The van der Waals surface area contributed by atoms with Crippen molar-refractivity contribution in [1.82, 2.24) is 5.32 Å². The quantitative estimate of drug-likeness (QED) is 0.648. The van der Waals surface area contributed by atoms with E-state index in [4.69, 9.17) is 9.47 Å². The van der Waals surface area contributed by atoms with Gasteiger partial charge in [-0.2, -0.15) is 4.39 Å². The maximum absolute atomic E-state index is 13.4. The summed E-state index contributed by atoms with van der Waals surface area (Å²) >= 11 is 0. The maximum Gasteiger partial charge on any atom is 0.305 e. The van der Waals surface area contributed by atoms with Crippen LogP contribution in [0.15, 0.2) is 18.2 Å². The van der Waals surface area contributed by atoms with Crippen LogP contribution in [0.4, 0.5) is 10.1 Å². The number of methoxy groups -OCH3 is 1. The molecule has 1 fully saturated rings. The molecular formula is C12H15FN2O4. The van der Waals surface area contributed by atoms with Gasteiger partial charge in [-0.25, -0.2) is 0 Å². The van der Waals surface area contributed by atoms with Crippen LogP contribution in [0.5, 0.6) is 5.75 Å². The van der Waals surface area contributed by atoms with Crippen LogP contribution in [0, 0.1) is 15.9 Å². The van der Waals surface area contributed by atoms with Crippen LogP contribution < -0.4 is 10.1 Å². The summed E-state index contributed by atoms with van der Waals surface area (Å²) in [5.41, 5.74) is -0.558. The standard InChI is InChI=1S/C12H15FN2O4/c1-14-9-6-11(12(9)18-2)19-7-3-4-10(15(16)17)8(13)5-7/h3-5,9,11-12,14H,6H2,1-2H3. The lowest BCUT2D eigenvalue weighted by molar-refractivity contribution is -0.387. The zero-order valence-electron chi connectivity index (χ0n) is 10.6. The predicted octanol–water partition coefficient (Wildman–Crippen LogP) is 1.49. The minimum Gasteiger partial charge on any atom is -0.487 e. The highest BCUT2D eigenvalue weighted by Crippen LogP contribution is 2.30. The number of rotatable bonds is 5. The molecule has 19 heavy (non-hydrogen) atoms. The molecule has 7 heteroatoms. The molecule has 0 heterocycles. The summed E-state index contributed by atoms with van der Waals surface area (Å²) in [6.45, 7) is 0. The lowest BCUT2D eigenvalue weighted by Crippen LogP contribution is -2.60. The molecular weight excluding hydrogens is 255 g/mol. The monoisotopic (exact) mass is 270 g/mol. The third-order valence-electron chi connectivity index (χ3n) is 3.30. The van der Waals surface area contributed by atoms with Crippen molar-refractivity contribution >= 4 is 5.69 Å². The Hall–Kier alpha value is -1.73. The zero-order valence-corrected chi connectivity index (χ0v) is 10.6. The fourth-order valence-electron chi connectivity index (χ4n) is 2.18. The summed E-state index contributed by atoms with van der Waals surface area (Å²) in [6.07, 6.45) is 0.458. The normalized spacial score (nSPS) is 25.7. The third-order valence-corrected chi connectivity index (χ3v) is 3.30. The van der Waals surface area contributed by atoms with Crippen LogP contribution in [-0.4, -0.2) is 37.3 Å². The van der Waals surface area contributed by atoms with Crippen molar-refractivity contribution in [3.05, 3.63) is 34.1 Å². The predicted molar refractivity (Wildman–Crippen MR) is 65.7 cm³/mol. The zero-order chi connectivity index (χ0) is 14.0. The van der Waals surface area contributed by atoms with Crippen molar-refractivity contribution in [2.75, 3.05) is 14.2 Å². The molecule has 0 aromatic heterocycles. The van der Waals surface area contributed by atoms with Crippen molar-refractivity contribution in [3.63, 3.8) is 0 Å². The molecule has 104 valence electrons. The molecule has 0 spiro atoms. The molecule has 0 radical (unpaired) electrons. The van der Waals surface area contributed by atoms with E-state index in [9.17, 15) is 14.5 Å². The Morgan fingerprint density at radius 1 is 1.53 bits per heavy atom. The Kier molecular flexibility index (Phi) is 3.96. The first kappa shape index (κ1) is 13.7. The van der Waals surface area contributed by atoms with Gasteiger partial charge < -0.3 is 14.8 Å². The highest BCUT2D eigenvalue weighted by Gasteiger charge is 2.42. The number of benzene rings is 1. The highest BCUT2D eigenvalue weighted by atomic mass is 19.1. The molecule has 1 saturated carbocycles. The van der Waals surface area contributed by atoms with Crippen molar-refractivity contribution in [1.29, 1.82) is 0 Å². The number of ether oxygens (including phenoxy) is 2. The van der Waals surface area contributed by atoms with Gasteiger partial charge in [0.05, 0.1) is 4.92 Å². The van der Waals surface area contributed by atoms with E-state index in [0.29, 0.717) is 0 Å². The molecule has 1 aromatic carbocycles. The largest absolute Gasteiger partial charge is 0.487 e. The van der Waals surface area contributed by atoms with E-state index in [1.54, 1.807) is 7.11 Å². The maximum atomic E-state index is 13.4. The smallest absolute Gasteiger partial charge is 0.305 e. The van der Waals surface area contributed by atoms with Crippen LogP contribution in [0.2, 0.25) is 0 Å². The molecule has 3 unspecified atom stereocenters. The Balaban J connectivity index is 2.05. The molecule has 0 saturated heterocycles. The van der Waals surface area contributed by atoms with Crippen molar-refractivity contribution in [2.45, 2.75) is 24.7 Å². The second-order valence-corrected chi connectivity index (χ2v) is 4.36. The minimum atomic E-state index is -0.902. The Labute approximate surface area is 109 Å². The van der Waals surface area contributed by atoms with E-state index in [1.165, 1.54) is 6.07 Å². The van der Waals surface area contributed by atoms with E-state index >= 15 is 0 Å². The molecule has 3 atom stereocenters. The number of halogens is 1. The number of nitro groups is 1. The first-order chi connectivity index (χ1) is 9.06. The van der Waals surface area contributed by atoms with E-state index < -0.39 is 16.4 Å². The second kappa shape index (κ2) is 5.50. The summed E-state index contributed by atoms with van der Waals surface area (Å²) < 4.78 is 24.3. The van der Waals surface area contributed by atoms with E-state index in [2.05, 4.69) is 5.32 Å². The highest BCUT2D eigenvalue weighted by molar-refractivity contribution is 5.38. The van der Waals surface area contributed by atoms with Gasteiger partial charge in [-0.05, 0) is 13.1 Å². The van der Waals surface area contributed by atoms with Crippen LogP contribution in [0.25, 0.3) is 0 Å². The fraction of sp³-hybridized carbons (Fsp3) is 0.500. The molecule has 0 aliphatic heterocycles. The average Bonchev–Trinajstić information content (AvgIpc) is 2.34. The van der Waals surface area contributed by atoms with Crippen molar-refractivity contribution in [3.8, 4) is 5.75 Å². The fourth-order valence-corrected chi connectivity index (χ4v) is 2.18. The average molecular weight is 270 g/mol. The molecule has 1 N–H and O–H groups in total. The topological polar surface area (TPSA) is 73.6 Å². The Bertz CT molecular complexity index is 483. The van der Waals surface area contributed by atoms with Gasteiger partial charge in [0.1, 0.15) is 18.0 Å². The number of hydrogen-bond acceptors (Lipinski definition) is 5. The number of nitrogens with one attached hydrogen (secondary N) is 1. The summed E-state index contributed by atoms with van der Waals surface area (Å²) in [5, 5.41) is 13.6. The third kappa shape index (κ3) is 2.66. The van der Waals surface area contributed by atoms with Gasteiger partial charge in [-0.15, -0.1) is 0 Å². The molecule has 1 aromatic rings. The summed E-state index contributed by atoms with van der Waals surface area (Å²) in [6, 6.07) is 3.72. The van der Waals surface area contributed by atoms with E-state index in [-0.39, 0.29) is 24.0 Å². The van der Waals surface area contributed by atoms with Crippen LogP contribution >= 0.6 is 0 Å². The van der Waals surface area contributed by atoms with Gasteiger partial charge in [0, 0.05) is 31.7 Å². The molecule has 6 nitrogen and oxygen atoms in total. The van der Waals surface area contributed by atoms with Crippen LogP contribution in [0.1, 0.15) is 6.42 Å². The van der Waals surface area contributed by atoms with Gasteiger partial charge in [0.15, 0.2) is 0 Å². The lowest BCUT2D eigenvalue weighted by atomic mass is 9.85. The first-order valence-electron chi connectivity index (χ1n) is 5.87. The SMILES string of the molecule is CNC1CC(Oc2ccc([N+](=O)[O-])c(F)c2)C1OC. The van der Waals surface area contributed by atoms with Gasteiger partial charge in [-0.3, -0.25) is 10.1 Å². The van der Waals surface area contributed by atoms with Gasteiger partial charge in [0.25, 0.3) is 0 Å². The van der Waals surface area contributed by atoms with E-state index in [1.807, 2.05) is 7.05 Å². The number of nitrogens with zero attached hydrogens (tertiary/aromatic N) is 1. The molecule has 1 aliphatic carbocycles. The summed E-state index contributed by atoms with van der Waals surface area (Å²) in [5.74, 6) is -0.634.